The molecule has 6 heteroatoms. The van der Waals surface area contributed by atoms with Crippen LogP contribution in [0.15, 0.2) is 6.33 Å². The molecule has 0 bridgehead atoms. The van der Waals surface area contributed by atoms with Crippen LogP contribution in [-0.2, 0) is 18.3 Å². The van der Waals surface area contributed by atoms with E-state index >= 15 is 0 Å². The lowest BCUT2D eigenvalue weighted by Gasteiger charge is -2.30. The molecule has 1 atom stereocenters. The lowest BCUT2D eigenvalue weighted by atomic mass is 10.3. The van der Waals surface area contributed by atoms with E-state index < -0.39 is 0 Å². The first-order valence-electron chi connectivity index (χ1n) is 5.59. The highest BCUT2D eigenvalue weighted by atomic mass is 16.5. The number of rotatable bonds is 4. The van der Waals surface area contributed by atoms with Crippen molar-refractivity contribution in [2.75, 3.05) is 33.3 Å². The lowest BCUT2D eigenvalue weighted by molar-refractivity contribution is -0.0183. The van der Waals surface area contributed by atoms with Gasteiger partial charge in [0.25, 0.3) is 0 Å². The average molecular weight is 225 g/mol. The van der Waals surface area contributed by atoms with Crippen molar-refractivity contribution in [3.63, 3.8) is 0 Å². The normalized spacial score (nSPS) is 22.5. The Kier molecular flexibility index (Phi) is 3.87. The Balaban J connectivity index is 1.70. The third-order valence-electron chi connectivity index (χ3n) is 2.80. The molecule has 2 heterocycles. The zero-order chi connectivity index (χ0) is 11.4. The Hall–Kier alpha value is -0.980. The quantitative estimate of drug-likeness (QED) is 0.729. The van der Waals surface area contributed by atoms with Crippen LogP contribution in [0.1, 0.15) is 5.82 Å². The second-order valence-electron chi connectivity index (χ2n) is 4.19. The van der Waals surface area contributed by atoms with Gasteiger partial charge in [-0.1, -0.05) is 0 Å². The van der Waals surface area contributed by atoms with Crippen molar-refractivity contribution in [3.8, 4) is 0 Å². The predicted octanol–water partition coefficient (Wildman–Crippen LogP) is -0.765. The molecule has 6 nitrogen and oxygen atoms in total. The number of aromatic nitrogens is 3. The molecule has 1 N–H and O–H groups in total. The van der Waals surface area contributed by atoms with Crippen LogP contribution in [0, 0.1) is 0 Å². The largest absolute Gasteiger partial charge is 0.374 e. The Morgan fingerprint density at radius 1 is 1.56 bits per heavy atom. The van der Waals surface area contributed by atoms with Gasteiger partial charge in [-0.05, 0) is 7.05 Å². The molecule has 1 fully saturated rings. The minimum atomic E-state index is 0.284. The number of aryl methyl sites for hydroxylation is 1. The number of hydrogen-bond donors (Lipinski definition) is 1. The predicted molar refractivity (Wildman–Crippen MR) is 59.9 cm³/mol. The molecule has 1 aliphatic rings. The van der Waals surface area contributed by atoms with Crippen molar-refractivity contribution < 1.29 is 4.74 Å². The third-order valence-corrected chi connectivity index (χ3v) is 2.80. The van der Waals surface area contributed by atoms with Gasteiger partial charge < -0.3 is 15.0 Å². The minimum Gasteiger partial charge on any atom is -0.374 e. The second kappa shape index (κ2) is 5.38. The van der Waals surface area contributed by atoms with Gasteiger partial charge in [-0.3, -0.25) is 4.68 Å². The smallest absolute Gasteiger partial charge is 0.140 e. The first-order chi connectivity index (χ1) is 7.75. The molecule has 0 saturated carbocycles. The summed E-state index contributed by atoms with van der Waals surface area (Å²) >= 11 is 0. The van der Waals surface area contributed by atoms with E-state index in [1.165, 1.54) is 0 Å². The molecule has 0 aromatic carbocycles. The van der Waals surface area contributed by atoms with E-state index in [9.17, 15) is 0 Å². The van der Waals surface area contributed by atoms with Crippen molar-refractivity contribution >= 4 is 0 Å². The van der Waals surface area contributed by atoms with Gasteiger partial charge in [-0.25, -0.2) is 4.98 Å². The summed E-state index contributed by atoms with van der Waals surface area (Å²) in [6, 6.07) is 0. The molecule has 0 amide bonds. The Bertz CT molecular complexity index is 327. The van der Waals surface area contributed by atoms with Crippen LogP contribution in [0.25, 0.3) is 0 Å². The molecule has 1 aliphatic heterocycles. The monoisotopic (exact) mass is 225 g/mol. The molecule has 1 saturated heterocycles. The maximum absolute atomic E-state index is 5.65. The van der Waals surface area contributed by atoms with Gasteiger partial charge in [0.15, 0.2) is 0 Å². The van der Waals surface area contributed by atoms with Crippen LogP contribution in [-0.4, -0.2) is 59.1 Å². The molecular formula is C10H19N5O. The van der Waals surface area contributed by atoms with E-state index in [1.807, 2.05) is 7.05 Å². The SMILES string of the molecule is CN1CCOC(CNCc2ncnn2C)C1. The molecule has 1 unspecified atom stereocenters. The Labute approximate surface area is 95.6 Å². The summed E-state index contributed by atoms with van der Waals surface area (Å²) in [5.74, 6) is 0.948. The summed E-state index contributed by atoms with van der Waals surface area (Å²) in [6.07, 6.45) is 1.86. The van der Waals surface area contributed by atoms with Gasteiger partial charge in [-0.15, -0.1) is 0 Å². The summed E-state index contributed by atoms with van der Waals surface area (Å²) < 4.78 is 7.43. The first kappa shape index (κ1) is 11.5. The highest BCUT2D eigenvalue weighted by Gasteiger charge is 2.17. The van der Waals surface area contributed by atoms with Crippen molar-refractivity contribution in [1.82, 2.24) is 25.0 Å². The summed E-state index contributed by atoms with van der Waals surface area (Å²) in [5, 5.41) is 7.36. The van der Waals surface area contributed by atoms with Crippen molar-refractivity contribution in [2.45, 2.75) is 12.6 Å². The van der Waals surface area contributed by atoms with Gasteiger partial charge in [0.1, 0.15) is 12.2 Å². The Morgan fingerprint density at radius 2 is 2.44 bits per heavy atom. The zero-order valence-corrected chi connectivity index (χ0v) is 9.89. The fourth-order valence-corrected chi connectivity index (χ4v) is 1.82. The number of ether oxygens (including phenoxy) is 1. The molecule has 90 valence electrons. The van der Waals surface area contributed by atoms with E-state index in [0.29, 0.717) is 0 Å². The van der Waals surface area contributed by atoms with Crippen LogP contribution >= 0.6 is 0 Å². The summed E-state index contributed by atoms with van der Waals surface area (Å²) in [6.45, 7) is 4.44. The molecular weight excluding hydrogens is 206 g/mol. The maximum atomic E-state index is 5.65. The standard InChI is InChI=1S/C10H19N5O/c1-14-3-4-16-9(7-14)5-11-6-10-12-8-13-15(10)2/h8-9,11H,3-7H2,1-2H3. The molecule has 16 heavy (non-hydrogen) atoms. The van der Waals surface area contributed by atoms with Crippen LogP contribution in [0.2, 0.25) is 0 Å². The number of morpholine rings is 1. The third kappa shape index (κ3) is 3.01. The highest BCUT2D eigenvalue weighted by molar-refractivity contribution is 4.83. The van der Waals surface area contributed by atoms with E-state index in [2.05, 4.69) is 27.3 Å². The second-order valence-corrected chi connectivity index (χ2v) is 4.19. The van der Waals surface area contributed by atoms with E-state index in [0.717, 1.165) is 38.6 Å². The fourth-order valence-electron chi connectivity index (χ4n) is 1.82. The fraction of sp³-hybridized carbons (Fsp3) is 0.800. The first-order valence-corrected chi connectivity index (χ1v) is 5.59. The zero-order valence-electron chi connectivity index (χ0n) is 9.89. The topological polar surface area (TPSA) is 55.2 Å². The van der Waals surface area contributed by atoms with Crippen LogP contribution in [0.3, 0.4) is 0 Å². The summed E-state index contributed by atoms with van der Waals surface area (Å²) in [4.78, 5) is 6.44. The molecule has 0 aliphatic carbocycles. The lowest BCUT2D eigenvalue weighted by Crippen LogP contribution is -2.44. The van der Waals surface area contributed by atoms with Crippen LogP contribution < -0.4 is 5.32 Å². The molecule has 0 spiro atoms. The molecule has 1 aromatic heterocycles. The van der Waals surface area contributed by atoms with Gasteiger partial charge in [0.2, 0.25) is 0 Å². The van der Waals surface area contributed by atoms with Crippen molar-refractivity contribution in [3.05, 3.63) is 12.2 Å². The Morgan fingerprint density at radius 3 is 3.12 bits per heavy atom. The highest BCUT2D eigenvalue weighted by Crippen LogP contribution is 2.01. The summed E-state index contributed by atoms with van der Waals surface area (Å²) in [5.41, 5.74) is 0. The van der Waals surface area contributed by atoms with Crippen LogP contribution in [0.4, 0.5) is 0 Å². The number of likely N-dealkylation sites (N-methyl/N-ethyl adjacent to an activating group) is 1. The van der Waals surface area contributed by atoms with Gasteiger partial charge in [0.05, 0.1) is 19.3 Å². The van der Waals surface area contributed by atoms with Crippen LogP contribution in [0.5, 0.6) is 0 Å². The van der Waals surface area contributed by atoms with Gasteiger partial charge in [-0.2, -0.15) is 5.10 Å². The van der Waals surface area contributed by atoms with Gasteiger partial charge >= 0.3 is 0 Å². The van der Waals surface area contributed by atoms with E-state index in [1.54, 1.807) is 11.0 Å². The van der Waals surface area contributed by atoms with Crippen molar-refractivity contribution in [2.24, 2.45) is 7.05 Å². The molecule has 0 radical (unpaired) electrons. The van der Waals surface area contributed by atoms with E-state index in [4.69, 9.17) is 4.74 Å². The number of nitrogens with zero attached hydrogens (tertiary/aromatic N) is 4. The number of hydrogen-bond acceptors (Lipinski definition) is 5. The minimum absolute atomic E-state index is 0.284. The van der Waals surface area contributed by atoms with Gasteiger partial charge in [0, 0.05) is 26.7 Å². The maximum Gasteiger partial charge on any atom is 0.140 e. The number of nitrogens with one attached hydrogen (secondary N) is 1. The molecule has 1 aromatic rings. The average Bonchev–Trinajstić information content (AvgIpc) is 2.65. The molecule has 2 rings (SSSR count). The van der Waals surface area contributed by atoms with E-state index in [-0.39, 0.29) is 6.10 Å². The van der Waals surface area contributed by atoms with Crippen molar-refractivity contribution in [1.29, 1.82) is 0 Å². The summed E-state index contributed by atoms with van der Waals surface area (Å²) in [7, 11) is 4.02.